The van der Waals surface area contributed by atoms with E-state index in [0.29, 0.717) is 5.82 Å². The van der Waals surface area contributed by atoms with Crippen molar-refractivity contribution in [3.63, 3.8) is 0 Å². The van der Waals surface area contributed by atoms with Crippen molar-refractivity contribution < 1.29 is 9.53 Å². The maximum absolute atomic E-state index is 12.2. The smallest absolute Gasteiger partial charge is 0.308 e. The summed E-state index contributed by atoms with van der Waals surface area (Å²) in [6, 6.07) is 8.27. The van der Waals surface area contributed by atoms with Gasteiger partial charge in [0, 0.05) is 61.0 Å². The van der Waals surface area contributed by atoms with Gasteiger partial charge < -0.3 is 10.1 Å². The van der Waals surface area contributed by atoms with E-state index in [1.54, 1.807) is 9.36 Å². The quantitative estimate of drug-likeness (QED) is 0.423. The lowest BCUT2D eigenvalue weighted by atomic mass is 9.85. The largest absolute Gasteiger partial charge is 0.469 e. The van der Waals surface area contributed by atoms with Gasteiger partial charge in [-0.25, -0.2) is 9.97 Å². The van der Waals surface area contributed by atoms with Crippen LogP contribution in [-0.4, -0.2) is 48.6 Å². The first-order valence-corrected chi connectivity index (χ1v) is 11.8. The molecule has 9 nitrogen and oxygen atoms in total. The zero-order chi connectivity index (χ0) is 24.4. The van der Waals surface area contributed by atoms with E-state index in [9.17, 15) is 4.79 Å². The fraction of sp³-hybridized carbons (Fsp3) is 0.346. The van der Waals surface area contributed by atoms with E-state index in [1.807, 2.05) is 57.2 Å². The molecule has 35 heavy (non-hydrogen) atoms. The van der Waals surface area contributed by atoms with Gasteiger partial charge >= 0.3 is 5.97 Å². The molecular weight excluding hydrogens is 442 g/mol. The Labute approximate surface area is 204 Å². The Balaban J connectivity index is 1.49. The van der Waals surface area contributed by atoms with Gasteiger partial charge in [0.05, 0.1) is 25.4 Å². The number of hydrogen-bond donors (Lipinski definition) is 1. The Bertz CT molecular complexity index is 1340. The second-order valence-corrected chi connectivity index (χ2v) is 9.07. The van der Waals surface area contributed by atoms with Crippen molar-refractivity contribution in [2.75, 3.05) is 12.4 Å². The van der Waals surface area contributed by atoms with E-state index in [1.165, 1.54) is 7.11 Å². The number of methoxy groups -OCH3 is 1. The van der Waals surface area contributed by atoms with Crippen molar-refractivity contribution in [2.45, 2.75) is 31.7 Å². The molecule has 0 aliphatic heterocycles. The fourth-order valence-electron chi connectivity index (χ4n) is 4.71. The number of benzene rings is 1. The van der Waals surface area contributed by atoms with Gasteiger partial charge in [0.25, 0.3) is 0 Å². The maximum atomic E-state index is 12.2. The highest BCUT2D eigenvalue weighted by Crippen LogP contribution is 2.33. The number of rotatable bonds is 6. The van der Waals surface area contributed by atoms with Crippen LogP contribution in [0.5, 0.6) is 0 Å². The number of carbonyl (C=O) groups is 1. The van der Waals surface area contributed by atoms with E-state index in [0.717, 1.165) is 59.3 Å². The topological polar surface area (TPSA) is 99.8 Å². The molecule has 0 radical (unpaired) electrons. The average Bonchev–Trinajstić information content (AvgIpc) is 3.52. The Morgan fingerprint density at radius 3 is 2.46 bits per heavy atom. The molecule has 1 aromatic carbocycles. The summed E-state index contributed by atoms with van der Waals surface area (Å²) < 4.78 is 8.55. The molecule has 180 valence electrons. The molecule has 0 bridgehead atoms. The number of hydrogen-bond acceptors (Lipinski definition) is 7. The van der Waals surface area contributed by atoms with E-state index in [4.69, 9.17) is 14.7 Å². The summed E-state index contributed by atoms with van der Waals surface area (Å²) in [5.41, 5.74) is 4.83. The predicted octanol–water partition coefficient (Wildman–Crippen LogP) is 4.09. The molecule has 0 spiro atoms. The number of nitrogens with one attached hydrogen (secondary N) is 1. The van der Waals surface area contributed by atoms with Crippen molar-refractivity contribution in [3.05, 3.63) is 55.2 Å². The number of nitrogens with zero attached hydrogens (tertiary/aromatic N) is 6. The van der Waals surface area contributed by atoms with E-state index < -0.39 is 0 Å². The summed E-state index contributed by atoms with van der Waals surface area (Å²) >= 11 is 0. The highest BCUT2D eigenvalue weighted by Gasteiger charge is 2.29. The van der Waals surface area contributed by atoms with Gasteiger partial charge in [-0.05, 0) is 30.9 Å². The van der Waals surface area contributed by atoms with Crippen LogP contribution in [0.15, 0.2) is 55.2 Å². The van der Waals surface area contributed by atoms with E-state index in [2.05, 4.69) is 27.6 Å². The third-order valence-electron chi connectivity index (χ3n) is 6.51. The van der Waals surface area contributed by atoms with Crippen molar-refractivity contribution in [3.8, 4) is 33.6 Å². The first-order chi connectivity index (χ1) is 17.0. The molecule has 0 amide bonds. The van der Waals surface area contributed by atoms with Gasteiger partial charge in [0.15, 0.2) is 5.82 Å². The molecule has 5 rings (SSSR count). The third kappa shape index (κ3) is 4.94. The van der Waals surface area contributed by atoms with E-state index in [-0.39, 0.29) is 17.9 Å². The van der Waals surface area contributed by atoms with Gasteiger partial charge in [0.1, 0.15) is 5.82 Å². The minimum Gasteiger partial charge on any atom is -0.469 e. The molecule has 3 heterocycles. The molecule has 2 atom stereocenters. The summed E-state index contributed by atoms with van der Waals surface area (Å²) in [5, 5.41) is 12.2. The average molecular weight is 472 g/mol. The molecular formula is C26H29N7O2. The molecule has 1 aliphatic carbocycles. The number of ether oxygens (including phenoxy) is 1. The Hall–Kier alpha value is -4.01. The minimum atomic E-state index is -0.139. The second kappa shape index (κ2) is 9.69. The number of carbonyl (C=O) groups excluding carboxylic acids is 1. The standard InChI is InChI=1S/C26H29N7O2/c1-32-15-20(12-28-32)17-6-4-7-18(10-17)24-27-14-23(21-13-29-33(2)16-21)25(31-24)30-22-9-5-8-19(11-22)26(34)35-3/h4,6-7,10,12-16,19,22H,5,8-9,11H2,1-3H3,(H,27,30,31)/t19-,22+/m1/s1. The van der Waals surface area contributed by atoms with Gasteiger partial charge in [-0.2, -0.15) is 10.2 Å². The number of anilines is 1. The van der Waals surface area contributed by atoms with Gasteiger partial charge in [0.2, 0.25) is 0 Å². The van der Waals surface area contributed by atoms with Crippen LogP contribution < -0.4 is 5.32 Å². The van der Waals surface area contributed by atoms with Crippen LogP contribution in [-0.2, 0) is 23.6 Å². The Kier molecular flexibility index (Phi) is 6.31. The van der Waals surface area contributed by atoms with Crippen molar-refractivity contribution in [1.82, 2.24) is 29.5 Å². The molecule has 1 fully saturated rings. The van der Waals surface area contributed by atoms with Crippen LogP contribution in [0.1, 0.15) is 25.7 Å². The lowest BCUT2D eigenvalue weighted by Gasteiger charge is -2.29. The molecule has 9 heteroatoms. The van der Waals surface area contributed by atoms with Gasteiger partial charge in [-0.15, -0.1) is 0 Å². The monoisotopic (exact) mass is 471 g/mol. The van der Waals surface area contributed by atoms with Crippen LogP contribution in [0.2, 0.25) is 0 Å². The van der Waals surface area contributed by atoms with Crippen molar-refractivity contribution in [2.24, 2.45) is 20.0 Å². The van der Waals surface area contributed by atoms with Gasteiger partial charge in [-0.3, -0.25) is 14.2 Å². The summed E-state index contributed by atoms with van der Waals surface area (Å²) in [7, 11) is 5.25. The molecule has 0 saturated heterocycles. The summed E-state index contributed by atoms with van der Waals surface area (Å²) in [4.78, 5) is 21.8. The first-order valence-electron chi connectivity index (χ1n) is 11.8. The number of aryl methyl sites for hydroxylation is 2. The normalized spacial score (nSPS) is 17.8. The first kappa shape index (κ1) is 22.8. The van der Waals surface area contributed by atoms with Crippen molar-refractivity contribution in [1.29, 1.82) is 0 Å². The fourth-order valence-corrected chi connectivity index (χ4v) is 4.71. The van der Waals surface area contributed by atoms with Crippen molar-refractivity contribution >= 4 is 11.8 Å². The van der Waals surface area contributed by atoms with Crippen LogP contribution in [0, 0.1) is 5.92 Å². The zero-order valence-corrected chi connectivity index (χ0v) is 20.2. The van der Waals surface area contributed by atoms with Crippen LogP contribution in [0.25, 0.3) is 33.6 Å². The number of esters is 1. The molecule has 3 aromatic heterocycles. The predicted molar refractivity (Wildman–Crippen MR) is 133 cm³/mol. The van der Waals surface area contributed by atoms with Crippen LogP contribution >= 0.6 is 0 Å². The number of aromatic nitrogens is 6. The minimum absolute atomic E-state index is 0.0921. The molecule has 1 saturated carbocycles. The lowest BCUT2D eigenvalue weighted by Crippen LogP contribution is -2.32. The maximum Gasteiger partial charge on any atom is 0.308 e. The van der Waals surface area contributed by atoms with Crippen LogP contribution in [0.4, 0.5) is 5.82 Å². The summed E-state index contributed by atoms with van der Waals surface area (Å²) in [6.07, 6.45) is 12.9. The lowest BCUT2D eigenvalue weighted by molar-refractivity contribution is -0.146. The SMILES string of the molecule is COC(=O)[C@@H]1CCC[C@H](Nc2nc(-c3cccc(-c4cnn(C)c4)c3)ncc2-c2cnn(C)c2)C1. The molecule has 4 aromatic rings. The molecule has 0 unspecified atom stereocenters. The highest BCUT2D eigenvalue weighted by molar-refractivity contribution is 5.77. The Morgan fingerprint density at radius 2 is 1.74 bits per heavy atom. The Morgan fingerprint density at radius 1 is 1.00 bits per heavy atom. The van der Waals surface area contributed by atoms with E-state index >= 15 is 0 Å². The summed E-state index contributed by atoms with van der Waals surface area (Å²) in [5.74, 6) is 1.14. The van der Waals surface area contributed by atoms with Crippen LogP contribution in [0.3, 0.4) is 0 Å². The third-order valence-corrected chi connectivity index (χ3v) is 6.51. The van der Waals surface area contributed by atoms with Gasteiger partial charge in [-0.1, -0.05) is 24.6 Å². The molecule has 1 N–H and O–H groups in total. The zero-order valence-electron chi connectivity index (χ0n) is 20.2. The highest BCUT2D eigenvalue weighted by atomic mass is 16.5. The summed E-state index contributed by atoms with van der Waals surface area (Å²) in [6.45, 7) is 0. The second-order valence-electron chi connectivity index (χ2n) is 9.07. The molecule has 1 aliphatic rings.